The van der Waals surface area contributed by atoms with Crippen LogP contribution >= 0.6 is 11.6 Å². The summed E-state index contributed by atoms with van der Waals surface area (Å²) in [4.78, 5) is 14.5. The maximum Gasteiger partial charge on any atom is 0.223 e. The van der Waals surface area contributed by atoms with Crippen molar-refractivity contribution in [1.29, 1.82) is 0 Å². The minimum Gasteiger partial charge on any atom is -0.336 e. The molecule has 0 bridgehead atoms. The van der Waals surface area contributed by atoms with Gasteiger partial charge in [0, 0.05) is 37.8 Å². The van der Waals surface area contributed by atoms with E-state index in [1.165, 1.54) is 0 Å². The zero-order valence-electron chi connectivity index (χ0n) is 13.3. The molecule has 1 aromatic rings. The number of carbonyl (C=O) groups is 1. The standard InChI is InChI=1S/C18H20ClN3O/c1-3-4-9-18(20-21-18)10-8-16(23)22(2)17(11-12-17)14-6-5-7-15(19)13-14/h1,5-7,13H,4,8-12H2,2H3. The van der Waals surface area contributed by atoms with Gasteiger partial charge in [-0.15, -0.1) is 12.3 Å². The van der Waals surface area contributed by atoms with Gasteiger partial charge in [-0.05, 0) is 30.5 Å². The summed E-state index contributed by atoms with van der Waals surface area (Å²) in [7, 11) is 1.88. The Kier molecular flexibility index (Phi) is 4.16. The molecule has 1 heterocycles. The molecule has 1 aliphatic carbocycles. The second-order valence-corrected chi connectivity index (χ2v) is 6.82. The third kappa shape index (κ3) is 3.25. The van der Waals surface area contributed by atoms with E-state index in [-0.39, 0.29) is 11.4 Å². The lowest BCUT2D eigenvalue weighted by Gasteiger charge is -2.29. The number of nitrogens with zero attached hydrogens (tertiary/aromatic N) is 3. The van der Waals surface area contributed by atoms with Gasteiger partial charge in [0.1, 0.15) is 0 Å². The quantitative estimate of drug-likeness (QED) is 0.693. The molecule has 23 heavy (non-hydrogen) atoms. The van der Waals surface area contributed by atoms with Crippen LogP contribution in [0.15, 0.2) is 34.5 Å². The number of hydrogen-bond acceptors (Lipinski definition) is 3. The molecule has 3 rings (SSSR count). The van der Waals surface area contributed by atoms with Crippen molar-refractivity contribution in [3.63, 3.8) is 0 Å². The molecule has 2 aliphatic rings. The lowest BCUT2D eigenvalue weighted by Crippen LogP contribution is -2.37. The first-order valence-corrected chi connectivity index (χ1v) is 8.29. The van der Waals surface area contributed by atoms with Gasteiger partial charge in [-0.25, -0.2) is 0 Å². The first-order chi connectivity index (χ1) is 11.0. The molecule has 0 unspecified atom stereocenters. The van der Waals surface area contributed by atoms with Gasteiger partial charge in [0.25, 0.3) is 0 Å². The van der Waals surface area contributed by atoms with Crippen LogP contribution in [0.3, 0.4) is 0 Å². The number of amides is 1. The lowest BCUT2D eigenvalue weighted by molar-refractivity contribution is -0.133. The Hall–Kier alpha value is -1.86. The van der Waals surface area contributed by atoms with Crippen molar-refractivity contribution in [1.82, 2.24) is 4.90 Å². The third-order valence-electron chi connectivity index (χ3n) is 4.89. The second kappa shape index (κ2) is 5.98. The zero-order valence-corrected chi connectivity index (χ0v) is 14.0. The highest BCUT2D eigenvalue weighted by molar-refractivity contribution is 6.30. The largest absolute Gasteiger partial charge is 0.336 e. The Balaban J connectivity index is 1.61. The van der Waals surface area contributed by atoms with Gasteiger partial charge in [0.05, 0.1) is 5.54 Å². The first kappa shape index (κ1) is 16.0. The molecule has 0 radical (unpaired) electrons. The van der Waals surface area contributed by atoms with Crippen LogP contribution in [-0.2, 0) is 10.3 Å². The molecular weight excluding hydrogens is 310 g/mol. The van der Waals surface area contributed by atoms with Gasteiger partial charge >= 0.3 is 0 Å². The van der Waals surface area contributed by atoms with E-state index in [2.05, 4.69) is 16.1 Å². The van der Waals surface area contributed by atoms with E-state index in [1.807, 2.05) is 36.2 Å². The van der Waals surface area contributed by atoms with Crippen LogP contribution in [0, 0.1) is 12.3 Å². The van der Waals surface area contributed by atoms with Crippen LogP contribution in [0.5, 0.6) is 0 Å². The number of carbonyl (C=O) groups excluding carboxylic acids is 1. The van der Waals surface area contributed by atoms with E-state index in [9.17, 15) is 4.79 Å². The van der Waals surface area contributed by atoms with E-state index in [0.29, 0.717) is 24.3 Å². The molecule has 1 amide bonds. The first-order valence-electron chi connectivity index (χ1n) is 7.92. The fourth-order valence-electron chi connectivity index (χ4n) is 3.10. The van der Waals surface area contributed by atoms with Crippen LogP contribution in [0.25, 0.3) is 0 Å². The molecule has 0 aromatic heterocycles. The maximum absolute atomic E-state index is 12.6. The number of halogens is 1. The van der Waals surface area contributed by atoms with Crippen molar-refractivity contribution in [2.75, 3.05) is 7.05 Å². The number of terminal acetylenes is 1. The number of benzene rings is 1. The Morgan fingerprint density at radius 3 is 2.70 bits per heavy atom. The van der Waals surface area contributed by atoms with Crippen LogP contribution in [-0.4, -0.2) is 23.5 Å². The van der Waals surface area contributed by atoms with Crippen molar-refractivity contribution in [3.8, 4) is 12.3 Å². The summed E-state index contributed by atoms with van der Waals surface area (Å²) in [5.41, 5.74) is 0.533. The molecule has 1 aromatic carbocycles. The minimum atomic E-state index is -0.393. The predicted molar refractivity (Wildman–Crippen MR) is 90.0 cm³/mol. The van der Waals surface area contributed by atoms with Gasteiger partial charge in [-0.2, -0.15) is 10.2 Å². The summed E-state index contributed by atoms with van der Waals surface area (Å²) in [6.07, 6.45) is 9.71. The van der Waals surface area contributed by atoms with Gasteiger partial charge in [0.15, 0.2) is 5.66 Å². The van der Waals surface area contributed by atoms with Crippen LogP contribution in [0.4, 0.5) is 0 Å². The smallest absolute Gasteiger partial charge is 0.223 e. The van der Waals surface area contributed by atoms with E-state index in [0.717, 1.165) is 24.8 Å². The van der Waals surface area contributed by atoms with Crippen molar-refractivity contribution >= 4 is 17.5 Å². The lowest BCUT2D eigenvalue weighted by atomic mass is 10.00. The van der Waals surface area contributed by atoms with Crippen LogP contribution < -0.4 is 0 Å². The van der Waals surface area contributed by atoms with E-state index < -0.39 is 5.66 Å². The summed E-state index contributed by atoms with van der Waals surface area (Å²) in [5.74, 6) is 2.73. The number of hydrogen-bond donors (Lipinski definition) is 0. The Morgan fingerprint density at radius 1 is 1.39 bits per heavy atom. The normalized spacial score (nSPS) is 19.0. The molecule has 1 saturated carbocycles. The zero-order chi connectivity index (χ0) is 16.5. The molecule has 0 saturated heterocycles. The topological polar surface area (TPSA) is 45.0 Å². The highest BCUT2D eigenvalue weighted by atomic mass is 35.5. The van der Waals surface area contributed by atoms with Crippen molar-refractivity contribution in [2.45, 2.75) is 49.7 Å². The van der Waals surface area contributed by atoms with E-state index in [4.69, 9.17) is 18.0 Å². The molecule has 4 nitrogen and oxygen atoms in total. The van der Waals surface area contributed by atoms with Crippen LogP contribution in [0.1, 0.15) is 44.1 Å². The fraction of sp³-hybridized carbons (Fsp3) is 0.500. The molecule has 0 N–H and O–H groups in total. The molecule has 0 atom stereocenters. The third-order valence-corrected chi connectivity index (χ3v) is 5.13. The molecule has 1 fully saturated rings. The average Bonchev–Trinajstić information content (AvgIpc) is 3.46. The van der Waals surface area contributed by atoms with Crippen molar-refractivity contribution < 1.29 is 4.79 Å². The summed E-state index contributed by atoms with van der Waals surface area (Å²) < 4.78 is 0. The minimum absolute atomic E-state index is 0.125. The summed E-state index contributed by atoms with van der Waals surface area (Å²) in [6, 6.07) is 7.79. The number of rotatable bonds is 7. The predicted octanol–water partition coefficient (Wildman–Crippen LogP) is 4.14. The molecule has 5 heteroatoms. The SMILES string of the molecule is C#CCCC1(CCC(=O)N(C)C2(c3cccc(Cl)c3)CC2)N=N1. The molecule has 0 spiro atoms. The summed E-state index contributed by atoms with van der Waals surface area (Å²) >= 11 is 6.10. The Labute approximate surface area is 141 Å². The van der Waals surface area contributed by atoms with Crippen molar-refractivity contribution in [3.05, 3.63) is 34.9 Å². The second-order valence-electron chi connectivity index (χ2n) is 6.38. The van der Waals surface area contributed by atoms with Crippen molar-refractivity contribution in [2.24, 2.45) is 10.2 Å². The van der Waals surface area contributed by atoms with Gasteiger partial charge in [0.2, 0.25) is 5.91 Å². The van der Waals surface area contributed by atoms with Gasteiger partial charge in [-0.3, -0.25) is 4.79 Å². The fourth-order valence-corrected chi connectivity index (χ4v) is 3.29. The Morgan fingerprint density at radius 2 is 2.13 bits per heavy atom. The summed E-state index contributed by atoms with van der Waals surface area (Å²) in [5, 5.41) is 8.89. The maximum atomic E-state index is 12.6. The molecule has 1 aliphatic heterocycles. The highest BCUT2D eigenvalue weighted by Crippen LogP contribution is 2.51. The van der Waals surface area contributed by atoms with Gasteiger partial charge in [-0.1, -0.05) is 23.7 Å². The van der Waals surface area contributed by atoms with E-state index >= 15 is 0 Å². The highest BCUT2D eigenvalue weighted by Gasteiger charge is 2.50. The molecular formula is C18H20ClN3O. The molecule has 120 valence electrons. The van der Waals surface area contributed by atoms with Crippen LogP contribution in [0.2, 0.25) is 5.02 Å². The monoisotopic (exact) mass is 329 g/mol. The average molecular weight is 330 g/mol. The van der Waals surface area contributed by atoms with E-state index in [1.54, 1.807) is 0 Å². The van der Waals surface area contributed by atoms with Gasteiger partial charge < -0.3 is 4.90 Å². The Bertz CT molecular complexity index is 682. The summed E-state index contributed by atoms with van der Waals surface area (Å²) in [6.45, 7) is 0.